The van der Waals surface area contributed by atoms with E-state index < -0.39 is 21.4 Å². The Morgan fingerprint density at radius 3 is 2.40 bits per heavy atom. The maximum atomic E-state index is 2.75. The molecule has 0 N–H and O–H groups in total. The third kappa shape index (κ3) is 4.27. The van der Waals surface area contributed by atoms with E-state index in [-0.39, 0.29) is 0 Å². The van der Waals surface area contributed by atoms with Crippen molar-refractivity contribution in [2.24, 2.45) is 0 Å². The molecule has 1 rings (SSSR count). The van der Waals surface area contributed by atoms with Crippen LogP contribution >= 0.6 is 0 Å². The quantitative estimate of drug-likeness (QED) is 0.741. The Balaban J connectivity index is 2.41. The van der Waals surface area contributed by atoms with Crippen LogP contribution in [0.2, 0.25) is 8.35 Å². The van der Waals surface area contributed by atoms with Crippen molar-refractivity contribution in [2.75, 3.05) is 33.7 Å². The topological polar surface area (TPSA) is 6.48 Å². The van der Waals surface area contributed by atoms with Gasteiger partial charge in [0.15, 0.2) is 0 Å². The molecule has 3 heteroatoms. The van der Waals surface area contributed by atoms with Crippen LogP contribution in [0.3, 0.4) is 0 Å². The van der Waals surface area contributed by atoms with Crippen LogP contribution in [-0.4, -0.2) is 68.8 Å². The van der Waals surface area contributed by atoms with Crippen LogP contribution in [0.5, 0.6) is 0 Å². The van der Waals surface area contributed by atoms with Gasteiger partial charge in [0.25, 0.3) is 0 Å². The summed E-state index contributed by atoms with van der Waals surface area (Å²) in [5.41, 5.74) is 0. The van der Waals surface area contributed by atoms with Crippen LogP contribution in [0.25, 0.3) is 0 Å². The zero-order valence-corrected chi connectivity index (χ0v) is 14.3. The molecule has 0 aliphatic carbocycles. The minimum absolute atomic E-state index is 1.08. The van der Waals surface area contributed by atoms with Gasteiger partial charge in [0.2, 0.25) is 0 Å². The van der Waals surface area contributed by atoms with E-state index in [1.165, 1.54) is 32.5 Å². The van der Waals surface area contributed by atoms with Crippen molar-refractivity contribution in [2.45, 2.75) is 38.8 Å². The third-order valence-electron chi connectivity index (χ3n) is 3.85. The monoisotopic (exact) mass is 314 g/mol. The molecule has 1 aliphatic rings. The van der Waals surface area contributed by atoms with Crippen molar-refractivity contribution in [1.29, 1.82) is 0 Å². The standard InChI is InChI=1S/C8H17N.C4H10N.In/c1-4-7-8-9(5-2)6-3;1-4-5(2)3;/h8H,1,4-7H2,2-3H3;1,4H2,2-3H3;. The molecule has 1 heterocycles. The Hall–Kier alpha value is 0.790. The van der Waals surface area contributed by atoms with E-state index in [4.69, 9.17) is 0 Å². The summed E-state index contributed by atoms with van der Waals surface area (Å²) in [6, 6.07) is 0. The van der Waals surface area contributed by atoms with Gasteiger partial charge in [0.1, 0.15) is 0 Å². The van der Waals surface area contributed by atoms with E-state index in [0.29, 0.717) is 0 Å². The van der Waals surface area contributed by atoms with Crippen LogP contribution in [0.1, 0.15) is 26.7 Å². The van der Waals surface area contributed by atoms with Gasteiger partial charge >= 0.3 is 104 Å². The van der Waals surface area contributed by atoms with Crippen molar-refractivity contribution in [3.8, 4) is 0 Å². The van der Waals surface area contributed by atoms with Gasteiger partial charge in [-0.05, 0) is 0 Å². The van der Waals surface area contributed by atoms with Crippen LogP contribution < -0.4 is 0 Å². The fraction of sp³-hybridized carbons (Fsp3) is 1.00. The number of nitrogens with zero attached hydrogens (tertiary/aromatic N) is 2. The Kier molecular flexibility index (Phi) is 6.63. The molecule has 0 aromatic carbocycles. The summed E-state index contributed by atoms with van der Waals surface area (Å²) in [5.74, 6) is 0. The molecule has 2 nitrogen and oxygen atoms in total. The van der Waals surface area contributed by atoms with Gasteiger partial charge in [-0.1, -0.05) is 0 Å². The summed E-state index contributed by atoms with van der Waals surface area (Å²) >= 11 is -1.18. The third-order valence-corrected chi connectivity index (χ3v) is 15.2. The molecule has 0 radical (unpaired) electrons. The average Bonchev–Trinajstić information content (AvgIpc) is 2.65. The molecule has 0 aromatic rings. The molecule has 15 heavy (non-hydrogen) atoms. The molecule has 1 saturated heterocycles. The van der Waals surface area contributed by atoms with Gasteiger partial charge in [0.05, 0.1) is 0 Å². The minimum atomic E-state index is -1.18. The molecule has 0 amide bonds. The summed E-state index contributed by atoms with van der Waals surface area (Å²) in [6.07, 6.45) is 3.06. The molecule has 1 atom stereocenters. The second-order valence-corrected chi connectivity index (χ2v) is 14.9. The van der Waals surface area contributed by atoms with Crippen LogP contribution in [-0.2, 0) is 0 Å². The van der Waals surface area contributed by atoms with Gasteiger partial charge in [-0.25, -0.2) is 0 Å². The summed E-state index contributed by atoms with van der Waals surface area (Å²) in [5, 5.41) is 0. The average molecular weight is 314 g/mol. The van der Waals surface area contributed by atoms with Crippen LogP contribution in [0, 0.1) is 0 Å². The van der Waals surface area contributed by atoms with E-state index >= 15 is 0 Å². The van der Waals surface area contributed by atoms with Gasteiger partial charge in [-0.15, -0.1) is 0 Å². The van der Waals surface area contributed by atoms with E-state index in [9.17, 15) is 0 Å². The Bertz CT molecular complexity index is 169. The molecule has 0 spiro atoms. The van der Waals surface area contributed by atoms with Gasteiger partial charge in [0, 0.05) is 0 Å². The van der Waals surface area contributed by atoms with Gasteiger partial charge in [-0.3, -0.25) is 0 Å². The first-order chi connectivity index (χ1) is 7.19. The summed E-state index contributed by atoms with van der Waals surface area (Å²) < 4.78 is 4.34. The molecular weight excluding hydrogens is 287 g/mol. The van der Waals surface area contributed by atoms with Gasteiger partial charge in [-0.2, -0.15) is 0 Å². The molecular formula is C12H27InN2. The van der Waals surface area contributed by atoms with E-state index in [0.717, 1.165) is 3.80 Å². The first-order valence-corrected chi connectivity index (χ1v) is 13.1. The molecule has 88 valence electrons. The van der Waals surface area contributed by atoms with Crippen molar-refractivity contribution in [3.05, 3.63) is 0 Å². The zero-order chi connectivity index (χ0) is 11.3. The van der Waals surface area contributed by atoms with Crippen molar-refractivity contribution < 1.29 is 0 Å². The summed E-state index contributed by atoms with van der Waals surface area (Å²) in [7, 11) is 4.43. The summed E-state index contributed by atoms with van der Waals surface area (Å²) in [6.45, 7) is 8.55. The van der Waals surface area contributed by atoms with Crippen molar-refractivity contribution in [3.63, 3.8) is 0 Å². The fourth-order valence-electron chi connectivity index (χ4n) is 2.95. The molecule has 0 bridgehead atoms. The van der Waals surface area contributed by atoms with Crippen molar-refractivity contribution >= 4 is 21.4 Å². The molecule has 0 aromatic heterocycles. The SMILES string of the molecule is CCN(CC)[CH]1CC[CH2][In]1[CH2]CN(C)C. The molecule has 1 aliphatic heterocycles. The number of rotatable bonds is 6. The predicted molar refractivity (Wildman–Crippen MR) is 69.9 cm³/mol. The fourth-order valence-corrected chi connectivity index (χ4v) is 15.5. The first-order valence-electron chi connectivity index (χ1n) is 6.57. The zero-order valence-electron chi connectivity index (χ0n) is 11.0. The van der Waals surface area contributed by atoms with Crippen molar-refractivity contribution in [1.82, 2.24) is 9.80 Å². The molecule has 1 unspecified atom stereocenters. The van der Waals surface area contributed by atoms with E-state index in [1.807, 2.05) is 0 Å². The number of hydrogen-bond acceptors (Lipinski definition) is 2. The Labute approximate surface area is 104 Å². The van der Waals surface area contributed by atoms with E-state index in [1.54, 1.807) is 8.35 Å². The Morgan fingerprint density at radius 1 is 1.20 bits per heavy atom. The maximum absolute atomic E-state index is 2.75. The molecule has 0 saturated carbocycles. The Morgan fingerprint density at radius 2 is 1.87 bits per heavy atom. The normalized spacial score (nSPS) is 22.0. The second-order valence-electron chi connectivity index (χ2n) is 5.07. The van der Waals surface area contributed by atoms with Crippen LogP contribution in [0.15, 0.2) is 0 Å². The predicted octanol–water partition coefficient (Wildman–Crippen LogP) is 2.09. The summed E-state index contributed by atoms with van der Waals surface area (Å²) in [4.78, 5) is 5.12. The second kappa shape index (κ2) is 7.18. The number of hydrogen-bond donors (Lipinski definition) is 0. The molecule has 1 fully saturated rings. The van der Waals surface area contributed by atoms with Gasteiger partial charge < -0.3 is 0 Å². The first kappa shape index (κ1) is 13.9. The van der Waals surface area contributed by atoms with E-state index in [2.05, 4.69) is 37.7 Å². The van der Waals surface area contributed by atoms with Crippen LogP contribution in [0.4, 0.5) is 0 Å².